The number of nitrogens with one attached hydrogen (secondary N) is 1. The molecule has 2 atom stereocenters. The van der Waals surface area contributed by atoms with E-state index in [4.69, 9.17) is 5.73 Å². The molecule has 17 heavy (non-hydrogen) atoms. The fraction of sp³-hybridized carbons (Fsp3) is 0.923. The van der Waals surface area contributed by atoms with Gasteiger partial charge < -0.3 is 16.0 Å². The fourth-order valence-electron chi connectivity index (χ4n) is 3.01. The molecule has 1 aliphatic carbocycles. The Kier molecular flexibility index (Phi) is 4.40. The summed E-state index contributed by atoms with van der Waals surface area (Å²) in [5.74, 6) is 0.885. The number of likely N-dealkylation sites (tertiary alicyclic amines) is 1. The van der Waals surface area contributed by atoms with Crippen LogP contribution in [0, 0.1) is 5.92 Å². The highest BCUT2D eigenvalue weighted by Crippen LogP contribution is 2.26. The van der Waals surface area contributed by atoms with E-state index in [9.17, 15) is 4.79 Å². The molecule has 2 aliphatic rings. The first-order valence-electron chi connectivity index (χ1n) is 6.93. The Labute approximate surface area is 104 Å². The molecule has 0 aromatic heterocycles. The van der Waals surface area contributed by atoms with Crippen LogP contribution in [0.1, 0.15) is 39.0 Å². The van der Waals surface area contributed by atoms with Crippen molar-refractivity contribution in [3.8, 4) is 0 Å². The van der Waals surface area contributed by atoms with E-state index >= 15 is 0 Å². The number of rotatable bonds is 4. The summed E-state index contributed by atoms with van der Waals surface area (Å²) in [5.41, 5.74) is 5.56. The maximum Gasteiger partial charge on any atom is 0.236 e. The summed E-state index contributed by atoms with van der Waals surface area (Å²) in [5, 5.41) is 3.03. The van der Waals surface area contributed by atoms with Crippen molar-refractivity contribution in [2.24, 2.45) is 11.7 Å². The van der Waals surface area contributed by atoms with E-state index in [1.54, 1.807) is 6.92 Å². The van der Waals surface area contributed by atoms with E-state index in [1.807, 2.05) is 0 Å². The van der Waals surface area contributed by atoms with Crippen molar-refractivity contribution in [3.05, 3.63) is 0 Å². The van der Waals surface area contributed by atoms with Gasteiger partial charge in [0.1, 0.15) is 0 Å². The molecule has 4 nitrogen and oxygen atoms in total. The minimum atomic E-state index is -0.390. The van der Waals surface area contributed by atoms with Crippen molar-refractivity contribution in [1.82, 2.24) is 10.2 Å². The molecule has 2 rings (SSSR count). The van der Waals surface area contributed by atoms with E-state index in [-0.39, 0.29) is 11.9 Å². The predicted molar refractivity (Wildman–Crippen MR) is 68.6 cm³/mol. The smallest absolute Gasteiger partial charge is 0.236 e. The molecule has 1 unspecified atom stereocenters. The monoisotopic (exact) mass is 239 g/mol. The second kappa shape index (κ2) is 5.83. The van der Waals surface area contributed by atoms with E-state index in [0.717, 1.165) is 25.4 Å². The lowest BCUT2D eigenvalue weighted by molar-refractivity contribution is -0.122. The maximum atomic E-state index is 11.5. The van der Waals surface area contributed by atoms with Crippen LogP contribution >= 0.6 is 0 Å². The fourth-order valence-corrected chi connectivity index (χ4v) is 3.01. The normalized spacial score (nSPS) is 28.5. The number of carbonyl (C=O) groups is 1. The molecule has 1 heterocycles. The molecule has 1 saturated carbocycles. The van der Waals surface area contributed by atoms with Crippen molar-refractivity contribution < 1.29 is 4.79 Å². The highest BCUT2D eigenvalue weighted by atomic mass is 16.2. The minimum Gasteiger partial charge on any atom is -0.351 e. The number of nitrogens with zero attached hydrogens (tertiary/aromatic N) is 1. The van der Waals surface area contributed by atoms with E-state index in [0.29, 0.717) is 6.04 Å². The second-order valence-corrected chi connectivity index (χ2v) is 5.69. The Morgan fingerprint density at radius 3 is 2.76 bits per heavy atom. The van der Waals surface area contributed by atoms with Crippen LogP contribution in [0.2, 0.25) is 0 Å². The zero-order chi connectivity index (χ0) is 12.3. The first kappa shape index (κ1) is 12.8. The van der Waals surface area contributed by atoms with Crippen LogP contribution in [0.4, 0.5) is 0 Å². The number of hydrogen-bond donors (Lipinski definition) is 2. The molecule has 3 N–H and O–H groups in total. The minimum absolute atomic E-state index is 0.0160. The van der Waals surface area contributed by atoms with Gasteiger partial charge in [-0.25, -0.2) is 0 Å². The first-order chi connectivity index (χ1) is 8.15. The van der Waals surface area contributed by atoms with Gasteiger partial charge in [-0.15, -0.1) is 0 Å². The van der Waals surface area contributed by atoms with Crippen LogP contribution in [0.25, 0.3) is 0 Å². The van der Waals surface area contributed by atoms with Gasteiger partial charge in [0.05, 0.1) is 6.04 Å². The average molecular weight is 239 g/mol. The number of hydrogen-bond acceptors (Lipinski definition) is 3. The van der Waals surface area contributed by atoms with E-state index in [1.165, 1.54) is 32.2 Å². The van der Waals surface area contributed by atoms with Gasteiger partial charge in [-0.05, 0) is 32.1 Å². The van der Waals surface area contributed by atoms with Gasteiger partial charge >= 0.3 is 0 Å². The largest absolute Gasteiger partial charge is 0.351 e. The summed E-state index contributed by atoms with van der Waals surface area (Å²) in [7, 11) is 0. The summed E-state index contributed by atoms with van der Waals surface area (Å²) in [4.78, 5) is 14.0. The van der Waals surface area contributed by atoms with E-state index < -0.39 is 0 Å². The Bertz CT molecular complexity index is 261. The molecule has 2 fully saturated rings. The van der Waals surface area contributed by atoms with Gasteiger partial charge in [-0.2, -0.15) is 0 Å². The van der Waals surface area contributed by atoms with Crippen LogP contribution in [0.3, 0.4) is 0 Å². The molecule has 0 aromatic carbocycles. The first-order valence-corrected chi connectivity index (χ1v) is 6.93. The van der Waals surface area contributed by atoms with Crippen LogP contribution < -0.4 is 11.1 Å². The van der Waals surface area contributed by atoms with Crippen molar-refractivity contribution >= 4 is 5.91 Å². The molecule has 1 saturated heterocycles. The maximum absolute atomic E-state index is 11.5. The lowest BCUT2D eigenvalue weighted by Gasteiger charge is -2.20. The Morgan fingerprint density at radius 2 is 2.12 bits per heavy atom. The SMILES string of the molecule is C[C@@H](N)C(=O)NC1CCN(CC2CCCC2)C1. The van der Waals surface area contributed by atoms with Crippen LogP contribution in [-0.2, 0) is 4.79 Å². The summed E-state index contributed by atoms with van der Waals surface area (Å²) >= 11 is 0. The van der Waals surface area contributed by atoms with Gasteiger partial charge in [0, 0.05) is 25.7 Å². The predicted octanol–water partition coefficient (Wildman–Crippen LogP) is 0.714. The zero-order valence-electron chi connectivity index (χ0n) is 10.8. The third-order valence-electron chi connectivity index (χ3n) is 4.02. The highest BCUT2D eigenvalue weighted by molar-refractivity contribution is 5.81. The van der Waals surface area contributed by atoms with Crippen LogP contribution in [-0.4, -0.2) is 42.5 Å². The molecule has 0 radical (unpaired) electrons. The molecular weight excluding hydrogens is 214 g/mol. The lowest BCUT2D eigenvalue weighted by Crippen LogP contribution is -2.45. The molecule has 4 heteroatoms. The Balaban J connectivity index is 1.69. The van der Waals surface area contributed by atoms with Gasteiger partial charge in [0.25, 0.3) is 0 Å². The number of nitrogens with two attached hydrogens (primary N) is 1. The van der Waals surface area contributed by atoms with Crippen LogP contribution in [0.15, 0.2) is 0 Å². The topological polar surface area (TPSA) is 58.4 Å². The van der Waals surface area contributed by atoms with Gasteiger partial charge in [0.15, 0.2) is 0 Å². The molecule has 1 aliphatic heterocycles. The number of amides is 1. The summed E-state index contributed by atoms with van der Waals surface area (Å²) in [6, 6.07) is -0.0752. The third kappa shape index (κ3) is 3.68. The Hall–Kier alpha value is -0.610. The van der Waals surface area contributed by atoms with Crippen molar-refractivity contribution in [2.45, 2.75) is 51.1 Å². The van der Waals surface area contributed by atoms with E-state index in [2.05, 4.69) is 10.2 Å². The molecule has 0 spiro atoms. The molecule has 0 aromatic rings. The average Bonchev–Trinajstić information content (AvgIpc) is 2.91. The zero-order valence-corrected chi connectivity index (χ0v) is 10.8. The standard InChI is InChI=1S/C13H25N3O/c1-10(14)13(17)15-12-6-7-16(9-12)8-11-4-2-3-5-11/h10-12H,2-9,14H2,1H3,(H,15,17)/t10-,12?/m1/s1. The quantitative estimate of drug-likeness (QED) is 0.760. The molecule has 1 amide bonds. The van der Waals surface area contributed by atoms with Crippen molar-refractivity contribution in [2.75, 3.05) is 19.6 Å². The van der Waals surface area contributed by atoms with Gasteiger partial charge in [0.2, 0.25) is 5.91 Å². The Morgan fingerprint density at radius 1 is 1.41 bits per heavy atom. The van der Waals surface area contributed by atoms with Gasteiger partial charge in [-0.3, -0.25) is 4.79 Å². The summed E-state index contributed by atoms with van der Waals surface area (Å²) < 4.78 is 0. The molecular formula is C13H25N3O. The van der Waals surface area contributed by atoms with Gasteiger partial charge in [-0.1, -0.05) is 12.8 Å². The summed E-state index contributed by atoms with van der Waals surface area (Å²) in [6.07, 6.45) is 6.68. The second-order valence-electron chi connectivity index (χ2n) is 5.69. The van der Waals surface area contributed by atoms with Crippen molar-refractivity contribution in [1.29, 1.82) is 0 Å². The van der Waals surface area contributed by atoms with Crippen molar-refractivity contribution in [3.63, 3.8) is 0 Å². The lowest BCUT2D eigenvalue weighted by atomic mass is 10.1. The summed E-state index contributed by atoms with van der Waals surface area (Å²) in [6.45, 7) is 5.10. The molecule has 0 bridgehead atoms. The van der Waals surface area contributed by atoms with Crippen LogP contribution in [0.5, 0.6) is 0 Å². The third-order valence-corrected chi connectivity index (χ3v) is 4.02. The number of carbonyl (C=O) groups excluding carboxylic acids is 1. The molecule has 98 valence electrons. The highest BCUT2D eigenvalue weighted by Gasteiger charge is 2.27.